The average Bonchev–Trinajstić information content (AvgIpc) is 2.96. The van der Waals surface area contributed by atoms with Crippen LogP contribution in [0, 0.1) is 0 Å². The highest BCUT2D eigenvalue weighted by molar-refractivity contribution is 6.00. The molecule has 0 atom stereocenters. The molecule has 8 heteroatoms. The second-order valence-electron chi connectivity index (χ2n) is 12.1. The molecule has 2 rings (SSSR count). The van der Waals surface area contributed by atoms with Crippen LogP contribution in [0.1, 0.15) is 135 Å². The number of hydrogen-bond donors (Lipinski definition) is 3. The molecule has 0 aliphatic carbocycles. The van der Waals surface area contributed by atoms with E-state index >= 15 is 0 Å². The molecule has 242 valence electrons. The highest BCUT2D eigenvalue weighted by Crippen LogP contribution is 2.48. The maximum Gasteiger partial charge on any atom is 0.336 e. The van der Waals surface area contributed by atoms with Gasteiger partial charge < -0.3 is 31.0 Å². The van der Waals surface area contributed by atoms with Crippen molar-refractivity contribution in [2.24, 2.45) is 0 Å². The Hall–Kier alpha value is -3.16. The van der Waals surface area contributed by atoms with Crippen LogP contribution < -0.4 is 21.5 Å². The van der Waals surface area contributed by atoms with Crippen LogP contribution in [0.3, 0.4) is 0 Å². The Morgan fingerprint density at radius 3 is 1.63 bits per heavy atom. The first-order valence-electron chi connectivity index (χ1n) is 16.3. The standard InChI is InChI=1S/C35H57N3O5/c1-8-9-10-11-12-13-14-15-16-17-18-19-20-21-26-27(36)22-28(37)33(43-23(2)3)31(26)32-29(34(39)41-6)24(4)38-25(5)30(32)35(40)42-7/h22-23,32,38H,8-21,36-37H2,1-7H3. The molecule has 1 aliphatic rings. The second kappa shape index (κ2) is 18.5. The predicted octanol–water partition coefficient (Wildman–Crippen LogP) is 7.85. The molecular formula is C35H57N3O5. The SMILES string of the molecule is CCCCCCCCCCCCCCCc1c(N)cc(N)c(OC(C)C)c1C1C(C(=O)OC)=C(C)NC(C)=C1C(=O)OC. The van der Waals surface area contributed by atoms with E-state index in [9.17, 15) is 9.59 Å². The Morgan fingerprint density at radius 2 is 1.21 bits per heavy atom. The first-order chi connectivity index (χ1) is 20.6. The van der Waals surface area contributed by atoms with E-state index in [1.165, 1.54) is 78.4 Å². The fourth-order valence-electron chi connectivity index (χ4n) is 6.08. The fraction of sp³-hybridized carbons (Fsp3) is 0.657. The molecule has 0 amide bonds. The van der Waals surface area contributed by atoms with Gasteiger partial charge in [-0.2, -0.15) is 0 Å². The Bertz CT molecular complexity index is 1100. The maximum absolute atomic E-state index is 13.2. The molecule has 0 radical (unpaired) electrons. The lowest BCUT2D eigenvalue weighted by molar-refractivity contribution is -0.137. The van der Waals surface area contributed by atoms with Gasteiger partial charge in [0.1, 0.15) is 5.75 Å². The summed E-state index contributed by atoms with van der Waals surface area (Å²) in [6.07, 6.45) is 16.8. The van der Waals surface area contributed by atoms with E-state index in [0.717, 1.165) is 24.8 Å². The number of anilines is 2. The number of methoxy groups -OCH3 is 2. The van der Waals surface area contributed by atoms with Crippen LogP contribution in [0.25, 0.3) is 0 Å². The summed E-state index contributed by atoms with van der Waals surface area (Å²) < 4.78 is 16.7. The Morgan fingerprint density at radius 1 is 0.767 bits per heavy atom. The van der Waals surface area contributed by atoms with Crippen LogP contribution in [0.2, 0.25) is 0 Å². The molecule has 0 unspecified atom stereocenters. The van der Waals surface area contributed by atoms with Crippen LogP contribution in [-0.2, 0) is 25.5 Å². The molecule has 0 bridgehead atoms. The van der Waals surface area contributed by atoms with E-state index in [1.807, 2.05) is 13.8 Å². The van der Waals surface area contributed by atoms with Crippen LogP contribution in [0.15, 0.2) is 28.6 Å². The number of hydrogen-bond acceptors (Lipinski definition) is 8. The molecule has 5 N–H and O–H groups in total. The van der Waals surface area contributed by atoms with Crippen molar-refractivity contribution in [3.63, 3.8) is 0 Å². The Balaban J connectivity index is 2.30. The summed E-state index contributed by atoms with van der Waals surface area (Å²) >= 11 is 0. The molecular weight excluding hydrogens is 542 g/mol. The largest absolute Gasteiger partial charge is 0.489 e. The molecule has 0 aromatic heterocycles. The van der Waals surface area contributed by atoms with Crippen molar-refractivity contribution in [3.8, 4) is 5.75 Å². The van der Waals surface area contributed by atoms with Crippen LogP contribution in [0.4, 0.5) is 11.4 Å². The first kappa shape index (κ1) is 36.0. The number of unbranched alkanes of at least 4 members (excludes halogenated alkanes) is 12. The molecule has 43 heavy (non-hydrogen) atoms. The van der Waals surface area contributed by atoms with Gasteiger partial charge in [0, 0.05) is 22.6 Å². The van der Waals surface area contributed by atoms with E-state index in [2.05, 4.69) is 12.2 Å². The minimum Gasteiger partial charge on any atom is -0.489 e. The molecule has 1 aromatic rings. The van der Waals surface area contributed by atoms with Gasteiger partial charge in [0.15, 0.2) is 0 Å². The third-order valence-corrected chi connectivity index (χ3v) is 8.23. The van der Waals surface area contributed by atoms with E-state index in [-0.39, 0.29) is 6.10 Å². The minimum absolute atomic E-state index is 0.200. The third kappa shape index (κ3) is 10.2. The normalized spacial score (nSPS) is 13.9. The van der Waals surface area contributed by atoms with E-state index < -0.39 is 17.9 Å². The molecule has 1 aliphatic heterocycles. The third-order valence-electron chi connectivity index (χ3n) is 8.23. The number of ether oxygens (including phenoxy) is 3. The summed E-state index contributed by atoms with van der Waals surface area (Å²) in [6, 6.07) is 1.72. The molecule has 1 aromatic carbocycles. The Labute approximate surface area is 260 Å². The minimum atomic E-state index is -0.822. The zero-order valence-corrected chi connectivity index (χ0v) is 27.8. The van der Waals surface area contributed by atoms with Crippen molar-refractivity contribution >= 4 is 23.3 Å². The van der Waals surface area contributed by atoms with Gasteiger partial charge in [-0.3, -0.25) is 0 Å². The monoisotopic (exact) mass is 599 g/mol. The maximum atomic E-state index is 13.2. The van der Waals surface area contributed by atoms with Crippen molar-refractivity contribution in [1.29, 1.82) is 0 Å². The van der Waals surface area contributed by atoms with Crippen LogP contribution in [-0.4, -0.2) is 32.3 Å². The molecule has 1 heterocycles. The number of nitrogen functional groups attached to an aromatic ring is 2. The number of esters is 2. The summed E-state index contributed by atoms with van der Waals surface area (Å²) in [5, 5.41) is 3.17. The second-order valence-corrected chi connectivity index (χ2v) is 12.1. The zero-order chi connectivity index (χ0) is 31.9. The topological polar surface area (TPSA) is 126 Å². The van der Waals surface area contributed by atoms with Gasteiger partial charge in [0.05, 0.1) is 43.1 Å². The van der Waals surface area contributed by atoms with Crippen LogP contribution >= 0.6 is 0 Å². The van der Waals surface area contributed by atoms with Crippen molar-refractivity contribution in [2.75, 3.05) is 25.7 Å². The number of carbonyl (C=O) groups excluding carboxylic acids is 2. The lowest BCUT2D eigenvalue weighted by atomic mass is 9.76. The lowest BCUT2D eigenvalue weighted by Crippen LogP contribution is -2.33. The van der Waals surface area contributed by atoms with Crippen molar-refractivity contribution in [3.05, 3.63) is 39.7 Å². The van der Waals surface area contributed by atoms with Crippen molar-refractivity contribution in [1.82, 2.24) is 5.32 Å². The summed E-state index contributed by atoms with van der Waals surface area (Å²) in [6.45, 7) is 9.68. The highest BCUT2D eigenvalue weighted by atomic mass is 16.5. The number of benzene rings is 1. The quantitative estimate of drug-likeness (QED) is 0.0834. The number of dihydropyridines is 1. The lowest BCUT2D eigenvalue weighted by Gasteiger charge is -2.33. The number of rotatable bonds is 19. The molecule has 0 fully saturated rings. The van der Waals surface area contributed by atoms with E-state index in [4.69, 9.17) is 25.7 Å². The van der Waals surface area contributed by atoms with Gasteiger partial charge >= 0.3 is 11.9 Å². The zero-order valence-electron chi connectivity index (χ0n) is 27.8. The molecule has 0 spiro atoms. The smallest absolute Gasteiger partial charge is 0.336 e. The predicted molar refractivity (Wildman–Crippen MR) is 176 cm³/mol. The van der Waals surface area contributed by atoms with Gasteiger partial charge in [-0.1, -0.05) is 84.0 Å². The summed E-state index contributed by atoms with van der Waals surface area (Å²) in [4.78, 5) is 26.5. The Kier molecular flexibility index (Phi) is 15.5. The molecule has 0 saturated heterocycles. The van der Waals surface area contributed by atoms with Gasteiger partial charge in [-0.05, 0) is 52.2 Å². The summed E-state index contributed by atoms with van der Waals surface area (Å²) in [5.74, 6) is -1.48. The summed E-state index contributed by atoms with van der Waals surface area (Å²) in [5.41, 5.74) is 17.3. The first-order valence-corrected chi connectivity index (χ1v) is 16.3. The van der Waals surface area contributed by atoms with Crippen LogP contribution in [0.5, 0.6) is 5.75 Å². The van der Waals surface area contributed by atoms with Gasteiger partial charge in [0.2, 0.25) is 0 Å². The summed E-state index contributed by atoms with van der Waals surface area (Å²) in [7, 11) is 2.66. The van der Waals surface area contributed by atoms with E-state index in [0.29, 0.717) is 51.6 Å². The average molecular weight is 600 g/mol. The molecule has 8 nitrogen and oxygen atoms in total. The van der Waals surface area contributed by atoms with Gasteiger partial charge in [-0.15, -0.1) is 0 Å². The number of nitrogens with one attached hydrogen (secondary N) is 1. The van der Waals surface area contributed by atoms with Crippen molar-refractivity contribution in [2.45, 2.75) is 137 Å². The van der Waals surface area contributed by atoms with Gasteiger partial charge in [-0.25, -0.2) is 9.59 Å². The fourth-order valence-corrected chi connectivity index (χ4v) is 6.08. The molecule has 0 saturated carbocycles. The number of nitrogens with two attached hydrogens (primary N) is 2. The van der Waals surface area contributed by atoms with E-state index in [1.54, 1.807) is 19.9 Å². The van der Waals surface area contributed by atoms with Crippen molar-refractivity contribution < 1.29 is 23.8 Å². The van der Waals surface area contributed by atoms with Gasteiger partial charge in [0.25, 0.3) is 0 Å². The highest BCUT2D eigenvalue weighted by Gasteiger charge is 2.41. The number of allylic oxidation sites excluding steroid dienone is 2. The number of carbonyl (C=O) groups is 2.